The molecule has 18 heavy (non-hydrogen) atoms. The smallest absolute Gasteiger partial charge is 0.248 e. The quantitative estimate of drug-likeness (QED) is 0.550. The highest BCUT2D eigenvalue weighted by Gasteiger charge is 2.14. The van der Waals surface area contributed by atoms with Crippen LogP contribution in [0.3, 0.4) is 0 Å². The van der Waals surface area contributed by atoms with Crippen LogP contribution in [0.5, 0.6) is 0 Å². The molecule has 0 aliphatic carbocycles. The molecule has 0 fully saturated rings. The van der Waals surface area contributed by atoms with Crippen LogP contribution in [0.1, 0.15) is 18.3 Å². The van der Waals surface area contributed by atoms with E-state index in [2.05, 4.69) is 20.2 Å². The van der Waals surface area contributed by atoms with Crippen LogP contribution in [-0.4, -0.2) is 21.0 Å². The van der Waals surface area contributed by atoms with E-state index < -0.39 is 0 Å². The number of aryl methyl sites for hydroxylation is 2. The first-order chi connectivity index (χ1) is 8.49. The maximum absolute atomic E-state index is 11.2. The number of H-pyrrole nitrogens is 2. The molecule has 0 radical (unpaired) electrons. The molecule has 94 valence electrons. The number of aromatic nitrogens is 3. The summed E-state index contributed by atoms with van der Waals surface area (Å²) in [7, 11) is 0. The summed E-state index contributed by atoms with van der Waals surface area (Å²) in [5.41, 5.74) is 8.85. The molecule has 0 aliphatic heterocycles. The molecule has 2 rings (SSSR count). The van der Waals surface area contributed by atoms with Crippen LogP contribution < -0.4 is 11.3 Å². The minimum Gasteiger partial charge on any atom is -0.387 e. The highest BCUT2D eigenvalue weighted by molar-refractivity contribution is 5.85. The van der Waals surface area contributed by atoms with E-state index in [0.29, 0.717) is 11.7 Å². The van der Waals surface area contributed by atoms with E-state index in [9.17, 15) is 4.79 Å². The number of nitrogens with two attached hydrogens (primary N) is 1. The van der Waals surface area contributed by atoms with E-state index in [4.69, 9.17) is 5.73 Å². The van der Waals surface area contributed by atoms with E-state index in [1.54, 1.807) is 13.0 Å². The van der Waals surface area contributed by atoms with Crippen LogP contribution in [0.25, 0.3) is 11.1 Å². The Hall–Kier alpha value is -2.37. The van der Waals surface area contributed by atoms with E-state index in [1.807, 2.05) is 13.8 Å². The first-order valence-electron chi connectivity index (χ1n) is 5.55. The summed E-state index contributed by atoms with van der Waals surface area (Å²) in [6, 6.07) is 3.24. The van der Waals surface area contributed by atoms with E-state index in [1.165, 1.54) is 6.07 Å². The van der Waals surface area contributed by atoms with Gasteiger partial charge in [-0.05, 0) is 26.8 Å². The number of hydrogen-bond acceptors (Lipinski definition) is 3. The Bertz CT molecular complexity index is 661. The van der Waals surface area contributed by atoms with Gasteiger partial charge in [-0.15, -0.1) is 0 Å². The topological polar surface area (TPSA) is 99.9 Å². The van der Waals surface area contributed by atoms with Gasteiger partial charge in [0.15, 0.2) is 5.82 Å². The largest absolute Gasteiger partial charge is 0.387 e. The number of amidine groups is 1. The Morgan fingerprint density at radius 2 is 2.06 bits per heavy atom. The number of aliphatic imine (C=N–C) groups is 1. The third kappa shape index (κ3) is 2.17. The monoisotopic (exact) mass is 245 g/mol. The van der Waals surface area contributed by atoms with Crippen LogP contribution in [0, 0.1) is 13.8 Å². The Balaban J connectivity index is 2.67. The zero-order chi connectivity index (χ0) is 13.3. The maximum atomic E-state index is 11.2. The fraction of sp³-hybridized carbons (Fsp3) is 0.250. The fourth-order valence-corrected chi connectivity index (χ4v) is 1.84. The molecule has 2 heterocycles. The molecule has 6 heteroatoms. The Labute approximate surface area is 104 Å². The minimum atomic E-state index is -0.127. The molecular formula is C12H15N5O. The summed E-state index contributed by atoms with van der Waals surface area (Å²) in [5, 5.41) is 6.99. The van der Waals surface area contributed by atoms with Crippen LogP contribution in [-0.2, 0) is 0 Å². The van der Waals surface area contributed by atoms with Crippen molar-refractivity contribution in [3.05, 3.63) is 33.9 Å². The molecular weight excluding hydrogens is 230 g/mol. The van der Waals surface area contributed by atoms with Crippen molar-refractivity contribution in [1.82, 2.24) is 15.2 Å². The highest BCUT2D eigenvalue weighted by Crippen LogP contribution is 2.32. The van der Waals surface area contributed by atoms with Crippen molar-refractivity contribution < 1.29 is 0 Å². The number of aromatic amines is 2. The number of hydrogen-bond donors (Lipinski definition) is 3. The van der Waals surface area contributed by atoms with Crippen molar-refractivity contribution in [2.24, 2.45) is 10.7 Å². The van der Waals surface area contributed by atoms with E-state index >= 15 is 0 Å². The Kier molecular flexibility index (Phi) is 3.01. The third-order valence-electron chi connectivity index (χ3n) is 2.60. The van der Waals surface area contributed by atoms with Crippen LogP contribution in [0.2, 0.25) is 0 Å². The highest BCUT2D eigenvalue weighted by atomic mass is 16.1. The molecule has 0 amide bonds. The molecule has 6 nitrogen and oxygen atoms in total. The normalized spacial score (nSPS) is 11.8. The van der Waals surface area contributed by atoms with Crippen molar-refractivity contribution in [2.45, 2.75) is 20.8 Å². The average molecular weight is 245 g/mol. The summed E-state index contributed by atoms with van der Waals surface area (Å²) in [4.78, 5) is 18.2. The predicted molar refractivity (Wildman–Crippen MR) is 71.1 cm³/mol. The zero-order valence-corrected chi connectivity index (χ0v) is 10.5. The lowest BCUT2D eigenvalue weighted by Crippen LogP contribution is -2.06. The second-order valence-electron chi connectivity index (χ2n) is 4.16. The van der Waals surface area contributed by atoms with Gasteiger partial charge in [0.2, 0.25) is 5.56 Å². The number of nitrogens with zero attached hydrogens (tertiary/aromatic N) is 2. The van der Waals surface area contributed by atoms with E-state index in [0.717, 1.165) is 22.5 Å². The van der Waals surface area contributed by atoms with Gasteiger partial charge in [-0.2, -0.15) is 5.10 Å². The van der Waals surface area contributed by atoms with Crippen molar-refractivity contribution in [3.8, 4) is 11.1 Å². The molecule has 0 unspecified atom stereocenters. The lowest BCUT2D eigenvalue weighted by molar-refractivity contribution is 1.04. The zero-order valence-electron chi connectivity index (χ0n) is 10.5. The van der Waals surface area contributed by atoms with Gasteiger partial charge >= 0.3 is 0 Å². The van der Waals surface area contributed by atoms with Gasteiger partial charge in [0.25, 0.3) is 0 Å². The summed E-state index contributed by atoms with van der Waals surface area (Å²) in [6.45, 7) is 5.44. The minimum absolute atomic E-state index is 0.127. The Morgan fingerprint density at radius 1 is 1.33 bits per heavy atom. The number of pyridine rings is 1. The van der Waals surface area contributed by atoms with Gasteiger partial charge in [-0.1, -0.05) is 0 Å². The molecule has 0 aliphatic rings. The molecule has 2 aromatic rings. The number of nitrogens with one attached hydrogen (secondary N) is 2. The van der Waals surface area contributed by atoms with Crippen molar-refractivity contribution >= 4 is 11.7 Å². The van der Waals surface area contributed by atoms with E-state index in [-0.39, 0.29) is 5.56 Å². The molecule has 0 atom stereocenters. The Morgan fingerprint density at radius 3 is 2.67 bits per heavy atom. The second kappa shape index (κ2) is 4.48. The lowest BCUT2D eigenvalue weighted by atomic mass is 10.0. The summed E-state index contributed by atoms with van der Waals surface area (Å²) in [5.74, 6) is 0.965. The first kappa shape index (κ1) is 12.1. The molecule has 0 saturated carbocycles. The molecule has 0 bridgehead atoms. The number of rotatable bonds is 2. The van der Waals surface area contributed by atoms with Crippen molar-refractivity contribution in [3.63, 3.8) is 0 Å². The molecule has 0 aromatic carbocycles. The van der Waals surface area contributed by atoms with Crippen LogP contribution in [0.4, 0.5) is 5.82 Å². The predicted octanol–water partition coefficient (Wildman–Crippen LogP) is 1.39. The molecule has 0 spiro atoms. The van der Waals surface area contributed by atoms with Gasteiger partial charge in [0.1, 0.15) is 0 Å². The van der Waals surface area contributed by atoms with Gasteiger partial charge in [0.05, 0.1) is 11.4 Å². The van der Waals surface area contributed by atoms with Gasteiger partial charge in [-0.3, -0.25) is 9.89 Å². The van der Waals surface area contributed by atoms with Gasteiger partial charge < -0.3 is 10.7 Å². The van der Waals surface area contributed by atoms with Gasteiger partial charge in [0, 0.05) is 23.0 Å². The third-order valence-corrected chi connectivity index (χ3v) is 2.60. The fourth-order valence-electron chi connectivity index (χ4n) is 1.84. The SMILES string of the molecule is CC(N)=Nc1n[nH]c(C)c1-c1ccc(=O)[nH]c1C. The lowest BCUT2D eigenvalue weighted by Gasteiger charge is -2.05. The molecule has 4 N–H and O–H groups in total. The first-order valence-corrected chi connectivity index (χ1v) is 5.55. The second-order valence-corrected chi connectivity index (χ2v) is 4.16. The van der Waals surface area contributed by atoms with Crippen molar-refractivity contribution in [1.29, 1.82) is 0 Å². The summed E-state index contributed by atoms with van der Waals surface area (Å²) in [6.07, 6.45) is 0. The van der Waals surface area contributed by atoms with Gasteiger partial charge in [-0.25, -0.2) is 4.99 Å². The maximum Gasteiger partial charge on any atom is 0.248 e. The van der Waals surface area contributed by atoms with Crippen LogP contribution in [0.15, 0.2) is 21.9 Å². The average Bonchev–Trinajstić information content (AvgIpc) is 2.60. The molecule has 0 saturated heterocycles. The standard InChI is InChI=1S/C12H15N5O/c1-6-9(4-5-10(18)14-6)11-7(2)16-17-12(11)15-8(3)13/h4-5H,1-3H3,(H,14,18)(H3,13,15,16,17). The van der Waals surface area contributed by atoms with Crippen molar-refractivity contribution in [2.75, 3.05) is 0 Å². The molecule has 2 aromatic heterocycles. The summed E-state index contributed by atoms with van der Waals surface area (Å²) >= 11 is 0. The summed E-state index contributed by atoms with van der Waals surface area (Å²) < 4.78 is 0. The van der Waals surface area contributed by atoms with Crippen LogP contribution >= 0.6 is 0 Å².